The van der Waals surface area contributed by atoms with Crippen molar-refractivity contribution in [2.24, 2.45) is 0 Å². The van der Waals surface area contributed by atoms with Gasteiger partial charge in [-0.15, -0.1) is 0 Å². The van der Waals surface area contributed by atoms with Gasteiger partial charge < -0.3 is 4.74 Å². The fourth-order valence-corrected chi connectivity index (χ4v) is 2.50. The van der Waals surface area contributed by atoms with E-state index in [0.29, 0.717) is 0 Å². The number of benzene rings is 1. The standard InChI is InChI=1S/C16H16ClFN2O/c17-16-15(18)9-14(10-19-16)13-3-1-12(2-4-13)11-20-5-7-21-8-6-20/h1-4,9-10H,5-8,11H2. The van der Waals surface area contributed by atoms with E-state index in [-0.39, 0.29) is 5.15 Å². The van der Waals surface area contributed by atoms with E-state index >= 15 is 0 Å². The molecule has 2 aromatic rings. The van der Waals surface area contributed by atoms with E-state index in [2.05, 4.69) is 22.0 Å². The van der Waals surface area contributed by atoms with Crippen molar-refractivity contribution < 1.29 is 9.13 Å². The quantitative estimate of drug-likeness (QED) is 0.813. The number of rotatable bonds is 3. The fourth-order valence-electron chi connectivity index (χ4n) is 2.40. The second kappa shape index (κ2) is 6.52. The molecular weight excluding hydrogens is 291 g/mol. The second-order valence-electron chi connectivity index (χ2n) is 5.08. The van der Waals surface area contributed by atoms with Crippen molar-refractivity contribution in [1.29, 1.82) is 0 Å². The highest BCUT2D eigenvalue weighted by atomic mass is 35.5. The van der Waals surface area contributed by atoms with Gasteiger partial charge in [0.05, 0.1) is 13.2 Å². The van der Waals surface area contributed by atoms with Crippen LogP contribution < -0.4 is 0 Å². The Morgan fingerprint density at radius 1 is 1.14 bits per heavy atom. The lowest BCUT2D eigenvalue weighted by molar-refractivity contribution is 0.0342. The van der Waals surface area contributed by atoms with Gasteiger partial charge in [-0.2, -0.15) is 0 Å². The molecular formula is C16H16ClFN2O. The van der Waals surface area contributed by atoms with E-state index < -0.39 is 5.82 Å². The molecule has 1 aromatic carbocycles. The fraction of sp³-hybridized carbons (Fsp3) is 0.312. The summed E-state index contributed by atoms with van der Waals surface area (Å²) in [6, 6.07) is 9.52. The molecule has 2 heterocycles. The number of ether oxygens (including phenoxy) is 1. The summed E-state index contributed by atoms with van der Waals surface area (Å²) >= 11 is 5.60. The predicted molar refractivity (Wildman–Crippen MR) is 80.7 cm³/mol. The number of aromatic nitrogens is 1. The number of morpholine rings is 1. The van der Waals surface area contributed by atoms with Gasteiger partial charge in [-0.05, 0) is 17.2 Å². The zero-order valence-corrected chi connectivity index (χ0v) is 12.3. The van der Waals surface area contributed by atoms with Crippen LogP contribution in [0.15, 0.2) is 36.5 Å². The number of hydrogen-bond acceptors (Lipinski definition) is 3. The van der Waals surface area contributed by atoms with E-state index in [0.717, 1.165) is 44.0 Å². The summed E-state index contributed by atoms with van der Waals surface area (Å²) < 4.78 is 18.8. The Kier molecular flexibility index (Phi) is 4.48. The Bertz CT molecular complexity index is 612. The lowest BCUT2D eigenvalue weighted by atomic mass is 10.1. The Morgan fingerprint density at radius 3 is 2.52 bits per heavy atom. The minimum Gasteiger partial charge on any atom is -0.379 e. The molecule has 5 heteroatoms. The predicted octanol–water partition coefficient (Wildman–Crippen LogP) is 3.37. The first-order valence-electron chi connectivity index (χ1n) is 6.93. The van der Waals surface area contributed by atoms with Gasteiger partial charge in [-0.1, -0.05) is 35.9 Å². The molecule has 3 nitrogen and oxygen atoms in total. The Hall–Kier alpha value is -1.49. The molecule has 0 spiro atoms. The number of halogens is 2. The maximum Gasteiger partial charge on any atom is 0.164 e. The van der Waals surface area contributed by atoms with Crippen molar-refractivity contribution in [2.45, 2.75) is 6.54 Å². The van der Waals surface area contributed by atoms with E-state index in [4.69, 9.17) is 16.3 Å². The van der Waals surface area contributed by atoms with E-state index in [9.17, 15) is 4.39 Å². The van der Waals surface area contributed by atoms with Crippen LogP contribution in [-0.4, -0.2) is 36.2 Å². The maximum absolute atomic E-state index is 13.4. The van der Waals surface area contributed by atoms with Crippen LogP contribution in [0.3, 0.4) is 0 Å². The van der Waals surface area contributed by atoms with Gasteiger partial charge in [-0.25, -0.2) is 9.37 Å². The molecule has 21 heavy (non-hydrogen) atoms. The molecule has 1 aromatic heterocycles. The third-order valence-corrected chi connectivity index (χ3v) is 3.87. The zero-order chi connectivity index (χ0) is 14.7. The van der Waals surface area contributed by atoms with Crippen molar-refractivity contribution in [3.05, 3.63) is 53.1 Å². The number of nitrogens with zero attached hydrogens (tertiary/aromatic N) is 2. The molecule has 110 valence electrons. The SMILES string of the molecule is Fc1cc(-c2ccc(CN3CCOCC3)cc2)cnc1Cl. The molecule has 1 saturated heterocycles. The van der Waals surface area contributed by atoms with E-state index in [1.165, 1.54) is 11.6 Å². The van der Waals surface area contributed by atoms with Crippen LogP contribution in [0.4, 0.5) is 4.39 Å². The van der Waals surface area contributed by atoms with Crippen LogP contribution in [0.25, 0.3) is 11.1 Å². The molecule has 0 N–H and O–H groups in total. The molecule has 1 aliphatic heterocycles. The Morgan fingerprint density at radius 2 is 1.86 bits per heavy atom. The van der Waals surface area contributed by atoms with Crippen molar-refractivity contribution >= 4 is 11.6 Å². The van der Waals surface area contributed by atoms with Crippen LogP contribution in [-0.2, 0) is 11.3 Å². The van der Waals surface area contributed by atoms with E-state index in [1.54, 1.807) is 6.20 Å². The first-order chi connectivity index (χ1) is 10.2. The molecule has 0 aliphatic carbocycles. The maximum atomic E-state index is 13.4. The molecule has 0 atom stereocenters. The minimum absolute atomic E-state index is 0.0947. The lowest BCUT2D eigenvalue weighted by Crippen LogP contribution is -2.35. The zero-order valence-electron chi connectivity index (χ0n) is 11.6. The average Bonchev–Trinajstić information content (AvgIpc) is 2.52. The minimum atomic E-state index is -0.494. The summed E-state index contributed by atoms with van der Waals surface area (Å²) in [5, 5.41) is -0.0947. The highest BCUT2D eigenvalue weighted by Gasteiger charge is 2.11. The van der Waals surface area contributed by atoms with E-state index in [1.807, 2.05) is 12.1 Å². The summed E-state index contributed by atoms with van der Waals surface area (Å²) in [7, 11) is 0. The number of pyridine rings is 1. The van der Waals surface area contributed by atoms with Crippen LogP contribution in [0.2, 0.25) is 5.15 Å². The molecule has 0 amide bonds. The second-order valence-corrected chi connectivity index (χ2v) is 5.44. The normalized spacial score (nSPS) is 16.1. The first kappa shape index (κ1) is 14.4. The van der Waals surface area contributed by atoms with Crippen LogP contribution in [0.1, 0.15) is 5.56 Å². The third kappa shape index (κ3) is 3.59. The van der Waals surface area contributed by atoms with Crippen molar-refractivity contribution in [3.8, 4) is 11.1 Å². The Labute approximate surface area is 128 Å². The van der Waals surface area contributed by atoms with Gasteiger partial charge in [0, 0.05) is 31.4 Å². The van der Waals surface area contributed by atoms with Gasteiger partial charge in [0.25, 0.3) is 0 Å². The monoisotopic (exact) mass is 306 g/mol. The highest BCUT2D eigenvalue weighted by molar-refractivity contribution is 6.29. The molecule has 0 saturated carbocycles. The molecule has 1 fully saturated rings. The largest absolute Gasteiger partial charge is 0.379 e. The van der Waals surface area contributed by atoms with Gasteiger partial charge in [-0.3, -0.25) is 4.90 Å². The summed E-state index contributed by atoms with van der Waals surface area (Å²) in [5.41, 5.74) is 2.90. The molecule has 0 bridgehead atoms. The van der Waals surface area contributed by atoms with Crippen molar-refractivity contribution in [1.82, 2.24) is 9.88 Å². The first-order valence-corrected chi connectivity index (χ1v) is 7.30. The summed E-state index contributed by atoms with van der Waals surface area (Å²) in [5.74, 6) is -0.494. The molecule has 1 aliphatic rings. The summed E-state index contributed by atoms with van der Waals surface area (Å²) in [4.78, 5) is 6.20. The van der Waals surface area contributed by atoms with Crippen molar-refractivity contribution in [2.75, 3.05) is 26.3 Å². The summed E-state index contributed by atoms with van der Waals surface area (Å²) in [6.07, 6.45) is 1.59. The lowest BCUT2D eigenvalue weighted by Gasteiger charge is -2.26. The van der Waals surface area contributed by atoms with Gasteiger partial charge in [0.15, 0.2) is 11.0 Å². The average molecular weight is 307 g/mol. The highest BCUT2D eigenvalue weighted by Crippen LogP contribution is 2.23. The van der Waals surface area contributed by atoms with Gasteiger partial charge in [0.1, 0.15) is 0 Å². The molecule has 0 radical (unpaired) electrons. The van der Waals surface area contributed by atoms with Gasteiger partial charge in [0.2, 0.25) is 0 Å². The van der Waals surface area contributed by atoms with Crippen molar-refractivity contribution in [3.63, 3.8) is 0 Å². The number of hydrogen-bond donors (Lipinski definition) is 0. The van der Waals surface area contributed by atoms with Crippen LogP contribution >= 0.6 is 11.6 Å². The summed E-state index contributed by atoms with van der Waals surface area (Å²) in [6.45, 7) is 4.45. The topological polar surface area (TPSA) is 25.4 Å². The van der Waals surface area contributed by atoms with Crippen LogP contribution in [0, 0.1) is 5.82 Å². The smallest absolute Gasteiger partial charge is 0.164 e. The van der Waals surface area contributed by atoms with Crippen LogP contribution in [0.5, 0.6) is 0 Å². The Balaban J connectivity index is 1.72. The molecule has 3 rings (SSSR count). The van der Waals surface area contributed by atoms with Gasteiger partial charge >= 0.3 is 0 Å². The third-order valence-electron chi connectivity index (χ3n) is 3.59. The molecule has 0 unspecified atom stereocenters.